The van der Waals surface area contributed by atoms with Crippen LogP contribution in [0.25, 0.3) is 5.57 Å². The zero-order chi connectivity index (χ0) is 23.1. The Hall–Kier alpha value is -3.19. The number of nitrogens with one attached hydrogen (secondary N) is 1. The monoisotopic (exact) mass is 457 g/mol. The van der Waals surface area contributed by atoms with E-state index in [-0.39, 0.29) is 17.7 Å². The number of anilines is 3. The van der Waals surface area contributed by atoms with Gasteiger partial charge in [0.2, 0.25) is 5.91 Å². The van der Waals surface area contributed by atoms with Crippen molar-refractivity contribution in [3.05, 3.63) is 53.7 Å². The topological polar surface area (TPSA) is 68.8 Å². The number of nitrogens with zero attached hydrogens (tertiary/aromatic N) is 4. The Morgan fingerprint density at radius 3 is 2.59 bits per heavy atom. The average Bonchev–Trinajstić information content (AvgIpc) is 3.30. The quantitative estimate of drug-likeness (QED) is 0.758. The van der Waals surface area contributed by atoms with Crippen molar-refractivity contribution < 1.29 is 9.59 Å². The number of piperazine rings is 1. The number of hydrogen-bond donors (Lipinski definition) is 1. The van der Waals surface area contributed by atoms with Crippen LogP contribution in [0.1, 0.15) is 43.2 Å². The first-order valence-corrected chi connectivity index (χ1v) is 12.5. The molecule has 0 bridgehead atoms. The fourth-order valence-corrected chi connectivity index (χ4v) is 5.73. The van der Waals surface area contributed by atoms with Gasteiger partial charge in [0.1, 0.15) is 6.04 Å². The van der Waals surface area contributed by atoms with E-state index in [0.29, 0.717) is 6.42 Å². The highest BCUT2D eigenvalue weighted by atomic mass is 16.2. The van der Waals surface area contributed by atoms with E-state index in [4.69, 9.17) is 4.98 Å². The number of fused-ring (bicyclic) bond motifs is 3. The minimum atomic E-state index is -0.0582. The first kappa shape index (κ1) is 21.4. The first-order valence-electron chi connectivity index (χ1n) is 12.5. The number of amides is 1. The van der Waals surface area contributed by atoms with Crippen LogP contribution in [-0.2, 0) is 16.1 Å². The van der Waals surface area contributed by atoms with Gasteiger partial charge in [-0.25, -0.2) is 4.98 Å². The van der Waals surface area contributed by atoms with Crippen molar-refractivity contribution in [1.82, 2.24) is 9.88 Å². The molecule has 2 aromatic rings. The summed E-state index contributed by atoms with van der Waals surface area (Å²) in [6.07, 6.45) is 8.68. The van der Waals surface area contributed by atoms with Crippen LogP contribution in [0.4, 0.5) is 17.2 Å². The number of benzene rings is 1. The Kier molecular flexibility index (Phi) is 5.57. The van der Waals surface area contributed by atoms with Crippen LogP contribution in [0.5, 0.6) is 0 Å². The maximum Gasteiger partial charge on any atom is 0.247 e. The van der Waals surface area contributed by atoms with Gasteiger partial charge in [-0.1, -0.05) is 18.2 Å². The first-order chi connectivity index (χ1) is 16.7. The maximum absolute atomic E-state index is 12.6. The molecular weight excluding hydrogens is 426 g/mol. The van der Waals surface area contributed by atoms with Gasteiger partial charge in [0.05, 0.1) is 5.69 Å². The molecule has 1 N–H and O–H groups in total. The Morgan fingerprint density at radius 1 is 1.00 bits per heavy atom. The molecule has 2 fully saturated rings. The van der Waals surface area contributed by atoms with Crippen molar-refractivity contribution in [2.45, 2.75) is 44.7 Å². The standard InChI is InChI=1S/C27H31N5O2/c33-25-6-3-4-22(25)20-7-9-21(10-8-20)31-14-12-30(13-15-31)18-19-16-23-26(28-17-19)32-11-2-1-5-24(32)27(34)29-23/h4,7-10,16-17,24H,1-3,5-6,11-15,18H2,(H,29,34). The smallest absolute Gasteiger partial charge is 0.247 e. The third-order valence-corrected chi connectivity index (χ3v) is 7.60. The van der Waals surface area contributed by atoms with Crippen LogP contribution in [0.15, 0.2) is 42.6 Å². The van der Waals surface area contributed by atoms with Crippen molar-refractivity contribution in [3.63, 3.8) is 0 Å². The van der Waals surface area contributed by atoms with Gasteiger partial charge in [0, 0.05) is 63.1 Å². The summed E-state index contributed by atoms with van der Waals surface area (Å²) in [4.78, 5) is 36.4. The lowest BCUT2D eigenvalue weighted by molar-refractivity contribution is -0.118. The van der Waals surface area contributed by atoms with Gasteiger partial charge in [0.25, 0.3) is 0 Å². The van der Waals surface area contributed by atoms with Crippen molar-refractivity contribution >= 4 is 34.5 Å². The van der Waals surface area contributed by atoms with Crippen LogP contribution < -0.4 is 15.1 Å². The number of allylic oxidation sites excluding steroid dienone is 2. The molecule has 2 saturated heterocycles. The number of hydrogen-bond acceptors (Lipinski definition) is 6. The minimum Gasteiger partial charge on any atom is -0.369 e. The molecule has 0 saturated carbocycles. The molecule has 7 heteroatoms. The number of pyridine rings is 1. The number of Topliss-reactive ketones (excluding diaryl/α,β-unsaturated/α-hetero) is 1. The molecule has 3 aliphatic heterocycles. The van der Waals surface area contributed by atoms with Crippen molar-refractivity contribution in [2.75, 3.05) is 47.8 Å². The van der Waals surface area contributed by atoms with E-state index in [9.17, 15) is 9.59 Å². The average molecular weight is 458 g/mol. The molecular formula is C27H31N5O2. The molecule has 1 amide bonds. The van der Waals surface area contributed by atoms with Crippen LogP contribution in [0.3, 0.4) is 0 Å². The molecule has 1 aromatic heterocycles. The van der Waals surface area contributed by atoms with E-state index in [1.807, 2.05) is 6.20 Å². The number of carbonyl (C=O) groups is 2. The second kappa shape index (κ2) is 8.87. The fourth-order valence-electron chi connectivity index (χ4n) is 5.73. The Balaban J connectivity index is 1.07. The lowest BCUT2D eigenvalue weighted by Gasteiger charge is -2.40. The molecule has 1 unspecified atom stereocenters. The maximum atomic E-state index is 12.6. The van der Waals surface area contributed by atoms with Gasteiger partial charge < -0.3 is 15.1 Å². The summed E-state index contributed by atoms with van der Waals surface area (Å²) in [6, 6.07) is 10.5. The highest BCUT2D eigenvalue weighted by Gasteiger charge is 2.35. The molecule has 6 rings (SSSR count). The predicted molar refractivity (Wildman–Crippen MR) is 134 cm³/mol. The SMILES string of the molecule is O=C1CCC=C1c1ccc(N2CCN(Cc3cnc4c(c3)NC(=O)C3CCCCN43)CC2)cc1. The van der Waals surface area contributed by atoms with E-state index in [2.05, 4.69) is 56.4 Å². The largest absolute Gasteiger partial charge is 0.369 e. The van der Waals surface area contributed by atoms with E-state index in [1.54, 1.807) is 0 Å². The number of carbonyl (C=O) groups excluding carboxylic acids is 2. The summed E-state index contributed by atoms with van der Waals surface area (Å²) < 4.78 is 0. The minimum absolute atomic E-state index is 0.0582. The fraction of sp³-hybridized carbons (Fsp3) is 0.444. The Morgan fingerprint density at radius 2 is 1.82 bits per heavy atom. The Bertz CT molecular complexity index is 1130. The molecule has 0 radical (unpaired) electrons. The summed E-state index contributed by atoms with van der Waals surface area (Å²) >= 11 is 0. The summed E-state index contributed by atoms with van der Waals surface area (Å²) in [5.74, 6) is 1.30. The Labute approximate surface area is 200 Å². The van der Waals surface area contributed by atoms with E-state index in [0.717, 1.165) is 93.2 Å². The summed E-state index contributed by atoms with van der Waals surface area (Å²) in [5, 5.41) is 3.10. The van der Waals surface area contributed by atoms with Gasteiger partial charge in [-0.2, -0.15) is 0 Å². The van der Waals surface area contributed by atoms with Gasteiger partial charge in [-0.15, -0.1) is 0 Å². The third kappa shape index (κ3) is 3.98. The van der Waals surface area contributed by atoms with Crippen LogP contribution >= 0.6 is 0 Å². The van der Waals surface area contributed by atoms with Crippen LogP contribution in [0, 0.1) is 0 Å². The zero-order valence-corrected chi connectivity index (χ0v) is 19.5. The number of ketones is 1. The van der Waals surface area contributed by atoms with E-state index < -0.39 is 0 Å². The molecule has 1 aromatic carbocycles. The van der Waals surface area contributed by atoms with Gasteiger partial charge in [-0.05, 0) is 55.0 Å². The molecule has 7 nitrogen and oxygen atoms in total. The van der Waals surface area contributed by atoms with E-state index >= 15 is 0 Å². The van der Waals surface area contributed by atoms with Crippen LogP contribution in [-0.4, -0.2) is 60.3 Å². The second-order valence-electron chi connectivity index (χ2n) is 9.80. The summed E-state index contributed by atoms with van der Waals surface area (Å²) in [7, 11) is 0. The normalized spacial score (nSPS) is 22.8. The van der Waals surface area contributed by atoms with Gasteiger partial charge in [0.15, 0.2) is 11.6 Å². The van der Waals surface area contributed by atoms with Crippen LogP contribution in [0.2, 0.25) is 0 Å². The molecule has 34 heavy (non-hydrogen) atoms. The third-order valence-electron chi connectivity index (χ3n) is 7.60. The molecule has 4 aliphatic rings. The molecule has 1 aliphatic carbocycles. The molecule has 4 heterocycles. The molecule has 176 valence electrons. The number of rotatable bonds is 4. The lowest BCUT2D eigenvalue weighted by Crippen LogP contribution is -2.51. The van der Waals surface area contributed by atoms with E-state index in [1.165, 1.54) is 5.69 Å². The van der Waals surface area contributed by atoms with Gasteiger partial charge in [-0.3, -0.25) is 14.5 Å². The summed E-state index contributed by atoms with van der Waals surface area (Å²) in [5.41, 5.74) is 5.12. The van der Waals surface area contributed by atoms with Gasteiger partial charge >= 0.3 is 0 Å². The zero-order valence-electron chi connectivity index (χ0n) is 19.5. The van der Waals surface area contributed by atoms with Crippen molar-refractivity contribution in [3.8, 4) is 0 Å². The lowest BCUT2D eigenvalue weighted by atomic mass is 9.99. The highest BCUT2D eigenvalue weighted by molar-refractivity contribution is 6.22. The predicted octanol–water partition coefficient (Wildman–Crippen LogP) is 3.46. The number of piperidine rings is 1. The second-order valence-corrected chi connectivity index (χ2v) is 9.80. The number of aromatic nitrogens is 1. The van der Waals surface area contributed by atoms with Crippen molar-refractivity contribution in [1.29, 1.82) is 0 Å². The highest BCUT2D eigenvalue weighted by Crippen LogP contribution is 2.35. The molecule has 0 spiro atoms. The molecule has 1 atom stereocenters. The van der Waals surface area contributed by atoms with Crippen molar-refractivity contribution in [2.24, 2.45) is 0 Å². The summed E-state index contributed by atoms with van der Waals surface area (Å²) in [6.45, 7) is 5.63.